The number of aromatic nitrogens is 2. The molecule has 14 heteroatoms. The van der Waals surface area contributed by atoms with E-state index in [1.165, 1.54) is 4.90 Å². The molecule has 0 radical (unpaired) electrons. The van der Waals surface area contributed by atoms with Gasteiger partial charge in [0.25, 0.3) is 0 Å². The molecule has 0 saturated carbocycles. The summed E-state index contributed by atoms with van der Waals surface area (Å²) in [6.07, 6.45) is -5.65. The van der Waals surface area contributed by atoms with Crippen LogP contribution in [0.2, 0.25) is 0 Å². The molecular formula is C21H27F3N6O4S. The van der Waals surface area contributed by atoms with Crippen LogP contribution in [0.15, 0.2) is 18.2 Å². The fourth-order valence-electron chi connectivity index (χ4n) is 3.75. The van der Waals surface area contributed by atoms with Crippen LogP contribution in [0.4, 0.5) is 39.3 Å². The van der Waals surface area contributed by atoms with Gasteiger partial charge in [0.15, 0.2) is 0 Å². The maximum atomic E-state index is 12.8. The van der Waals surface area contributed by atoms with Crippen molar-refractivity contribution in [2.45, 2.75) is 39.9 Å². The zero-order chi connectivity index (χ0) is 26.0. The number of rotatable bonds is 5. The molecule has 0 aliphatic carbocycles. The summed E-state index contributed by atoms with van der Waals surface area (Å²) in [5, 5.41) is 19.5. The number of ether oxygens (including phenoxy) is 1. The number of nitrogens with one attached hydrogen (secondary N) is 2. The number of benzene rings is 1. The number of nitrogens with zero attached hydrogens (tertiary/aromatic N) is 4. The summed E-state index contributed by atoms with van der Waals surface area (Å²) in [7, 11) is 0. The minimum atomic E-state index is -4.65. The number of halogens is 3. The molecule has 1 atom stereocenters. The van der Waals surface area contributed by atoms with Crippen LogP contribution in [0.25, 0.3) is 0 Å². The Morgan fingerprint density at radius 2 is 1.91 bits per heavy atom. The SMILES string of the molecule is CCOc1ccc(NC(=O)Nc2nnc(C(F)(F)F)s2)c(N2CCN(C(=O)O)C(C(C)(C)C)C2)c1. The van der Waals surface area contributed by atoms with E-state index in [-0.39, 0.29) is 34.5 Å². The van der Waals surface area contributed by atoms with Gasteiger partial charge in [-0.25, -0.2) is 9.59 Å². The van der Waals surface area contributed by atoms with E-state index in [1.807, 2.05) is 32.6 Å². The van der Waals surface area contributed by atoms with Gasteiger partial charge in [-0.1, -0.05) is 32.1 Å². The van der Waals surface area contributed by atoms with Crippen LogP contribution < -0.4 is 20.3 Å². The van der Waals surface area contributed by atoms with Gasteiger partial charge in [-0.05, 0) is 24.5 Å². The zero-order valence-electron chi connectivity index (χ0n) is 19.6. The first-order chi connectivity index (χ1) is 16.3. The summed E-state index contributed by atoms with van der Waals surface area (Å²) in [4.78, 5) is 27.7. The minimum absolute atomic E-state index is 0.215. The van der Waals surface area contributed by atoms with E-state index in [4.69, 9.17) is 4.74 Å². The number of piperazine rings is 1. The van der Waals surface area contributed by atoms with Gasteiger partial charge in [0.05, 0.1) is 24.0 Å². The Morgan fingerprint density at radius 3 is 2.49 bits per heavy atom. The number of carbonyl (C=O) groups is 2. The first kappa shape index (κ1) is 26.3. The van der Waals surface area contributed by atoms with Gasteiger partial charge in [0.2, 0.25) is 10.1 Å². The summed E-state index contributed by atoms with van der Waals surface area (Å²) in [5.74, 6) is 0.556. The largest absolute Gasteiger partial charge is 0.494 e. The van der Waals surface area contributed by atoms with Gasteiger partial charge in [0, 0.05) is 25.7 Å². The fraction of sp³-hybridized carbons (Fsp3) is 0.524. The molecule has 2 heterocycles. The molecule has 1 aromatic heterocycles. The average Bonchev–Trinajstić information content (AvgIpc) is 3.23. The van der Waals surface area contributed by atoms with Gasteiger partial charge < -0.3 is 25.0 Å². The molecule has 192 valence electrons. The molecule has 1 aliphatic heterocycles. The lowest BCUT2D eigenvalue weighted by atomic mass is 9.84. The van der Waals surface area contributed by atoms with Crippen LogP contribution in [0.5, 0.6) is 5.75 Å². The molecule has 1 unspecified atom stereocenters. The van der Waals surface area contributed by atoms with E-state index in [9.17, 15) is 27.9 Å². The predicted molar refractivity (Wildman–Crippen MR) is 125 cm³/mol. The second-order valence-electron chi connectivity index (χ2n) is 8.91. The third-order valence-corrected chi connectivity index (χ3v) is 6.27. The maximum absolute atomic E-state index is 12.8. The molecule has 0 bridgehead atoms. The van der Waals surface area contributed by atoms with E-state index >= 15 is 0 Å². The van der Waals surface area contributed by atoms with Crippen molar-refractivity contribution < 1.29 is 32.6 Å². The van der Waals surface area contributed by atoms with E-state index in [2.05, 4.69) is 20.8 Å². The van der Waals surface area contributed by atoms with E-state index in [1.54, 1.807) is 18.2 Å². The number of alkyl halides is 3. The van der Waals surface area contributed by atoms with Gasteiger partial charge in [0.1, 0.15) is 5.75 Å². The van der Waals surface area contributed by atoms with Crippen LogP contribution in [-0.4, -0.2) is 64.6 Å². The zero-order valence-corrected chi connectivity index (χ0v) is 20.5. The maximum Gasteiger partial charge on any atom is 0.445 e. The van der Waals surface area contributed by atoms with Crippen LogP contribution in [0.3, 0.4) is 0 Å². The lowest BCUT2D eigenvalue weighted by molar-refractivity contribution is -0.138. The predicted octanol–water partition coefficient (Wildman–Crippen LogP) is 4.81. The summed E-state index contributed by atoms with van der Waals surface area (Å²) < 4.78 is 43.9. The van der Waals surface area contributed by atoms with Gasteiger partial charge in [-0.3, -0.25) is 5.32 Å². The number of urea groups is 1. The van der Waals surface area contributed by atoms with Crippen LogP contribution in [0, 0.1) is 5.41 Å². The Hall–Kier alpha value is -3.29. The topological polar surface area (TPSA) is 120 Å². The molecule has 3 rings (SSSR count). The van der Waals surface area contributed by atoms with Gasteiger partial charge in [-0.2, -0.15) is 13.2 Å². The monoisotopic (exact) mass is 516 g/mol. The van der Waals surface area contributed by atoms with Crippen LogP contribution in [0.1, 0.15) is 32.7 Å². The third-order valence-electron chi connectivity index (χ3n) is 5.38. The Bertz CT molecular complexity index is 1070. The molecule has 3 amide bonds. The van der Waals surface area contributed by atoms with Crippen LogP contribution in [-0.2, 0) is 6.18 Å². The Morgan fingerprint density at radius 1 is 1.20 bits per heavy atom. The average molecular weight is 517 g/mol. The first-order valence-corrected chi connectivity index (χ1v) is 11.6. The van der Waals surface area contributed by atoms with Gasteiger partial charge >= 0.3 is 18.3 Å². The molecule has 1 aromatic carbocycles. The quantitative estimate of drug-likeness (QED) is 0.521. The van der Waals surface area contributed by atoms with Crippen molar-refractivity contribution in [3.63, 3.8) is 0 Å². The van der Waals surface area contributed by atoms with E-state index in [0.717, 1.165) is 0 Å². The number of amides is 3. The lowest BCUT2D eigenvalue weighted by Crippen LogP contribution is -2.59. The third kappa shape index (κ3) is 6.44. The normalized spacial score (nSPS) is 16.7. The smallest absolute Gasteiger partial charge is 0.445 e. The highest BCUT2D eigenvalue weighted by atomic mass is 32.1. The Kier molecular flexibility index (Phi) is 7.62. The first-order valence-electron chi connectivity index (χ1n) is 10.8. The standard InChI is InChI=1S/C21H27F3N6O4S/c1-5-34-12-6-7-13(25-17(31)26-18-28-27-16(35-18)21(22,23)24)14(10-12)29-8-9-30(19(32)33)15(11-29)20(2,3)4/h6-7,10,15H,5,8-9,11H2,1-4H3,(H,32,33)(H2,25,26,28,31). The molecule has 10 nitrogen and oxygen atoms in total. The molecule has 35 heavy (non-hydrogen) atoms. The van der Waals surface area contributed by atoms with Crippen molar-refractivity contribution in [1.29, 1.82) is 0 Å². The molecule has 0 spiro atoms. The van der Waals surface area contributed by atoms with Crippen molar-refractivity contribution in [1.82, 2.24) is 15.1 Å². The second kappa shape index (κ2) is 10.1. The summed E-state index contributed by atoms with van der Waals surface area (Å²) in [6.45, 7) is 9.11. The molecule has 1 saturated heterocycles. The second-order valence-corrected chi connectivity index (χ2v) is 9.88. The summed E-state index contributed by atoms with van der Waals surface area (Å²) >= 11 is 0.215. The molecular weight excluding hydrogens is 489 g/mol. The van der Waals surface area contributed by atoms with Crippen molar-refractivity contribution in [3.05, 3.63) is 23.2 Å². The fourth-order valence-corrected chi connectivity index (χ4v) is 4.35. The molecule has 1 aliphatic rings. The molecule has 3 N–H and O–H groups in total. The van der Waals surface area contributed by atoms with Crippen LogP contribution >= 0.6 is 11.3 Å². The molecule has 2 aromatic rings. The van der Waals surface area contributed by atoms with E-state index < -0.39 is 23.3 Å². The summed E-state index contributed by atoms with van der Waals surface area (Å²) in [6, 6.07) is 3.90. The highest BCUT2D eigenvalue weighted by Gasteiger charge is 2.39. The Balaban J connectivity index is 1.85. The van der Waals surface area contributed by atoms with E-state index in [0.29, 0.717) is 36.8 Å². The Labute approximate surface area is 204 Å². The summed E-state index contributed by atoms with van der Waals surface area (Å²) in [5.41, 5.74) is 0.620. The lowest BCUT2D eigenvalue weighted by Gasteiger charge is -2.47. The van der Waals surface area contributed by atoms with Crippen molar-refractivity contribution in [2.24, 2.45) is 5.41 Å². The number of hydrogen-bond acceptors (Lipinski definition) is 7. The number of anilines is 3. The number of carboxylic acid groups (broad SMARTS) is 1. The van der Waals surface area contributed by atoms with Crippen molar-refractivity contribution >= 4 is 40.0 Å². The minimum Gasteiger partial charge on any atom is -0.494 e. The highest BCUT2D eigenvalue weighted by molar-refractivity contribution is 7.15. The van der Waals surface area contributed by atoms with Crippen molar-refractivity contribution in [3.8, 4) is 5.75 Å². The highest BCUT2D eigenvalue weighted by Crippen LogP contribution is 2.36. The number of hydrogen-bond donors (Lipinski definition) is 3. The van der Waals surface area contributed by atoms with Gasteiger partial charge in [-0.15, -0.1) is 10.2 Å². The van der Waals surface area contributed by atoms with Crippen molar-refractivity contribution in [2.75, 3.05) is 41.8 Å². The number of carbonyl (C=O) groups excluding carboxylic acids is 1. The molecule has 1 fully saturated rings.